The van der Waals surface area contributed by atoms with Crippen molar-refractivity contribution in [1.82, 2.24) is 14.9 Å². The highest BCUT2D eigenvalue weighted by molar-refractivity contribution is 7.52. The van der Waals surface area contributed by atoms with Crippen molar-refractivity contribution in [3.63, 3.8) is 0 Å². The first-order valence-corrected chi connectivity index (χ1v) is 14.4. The zero-order valence-corrected chi connectivity index (χ0v) is 23.1. The van der Waals surface area contributed by atoms with Gasteiger partial charge in [-0.15, -0.1) is 0 Å². The number of carboxylic acid groups (broad SMARTS) is 1. The Bertz CT molecular complexity index is 1230. The molecular formula is C22H35N4O15P. The molecule has 2 saturated heterocycles. The molecule has 1 aromatic rings. The van der Waals surface area contributed by atoms with Crippen LogP contribution in [0.3, 0.4) is 0 Å². The van der Waals surface area contributed by atoms with Gasteiger partial charge < -0.3 is 65.7 Å². The summed E-state index contributed by atoms with van der Waals surface area (Å²) < 4.78 is 29.7. The molecule has 20 heteroatoms. The van der Waals surface area contributed by atoms with E-state index in [0.717, 1.165) is 17.7 Å². The van der Waals surface area contributed by atoms with Gasteiger partial charge >= 0.3 is 19.3 Å². The molecule has 42 heavy (non-hydrogen) atoms. The first-order valence-electron chi connectivity index (χ1n) is 12.7. The Morgan fingerprint density at radius 3 is 2.55 bits per heavy atom. The van der Waals surface area contributed by atoms with E-state index in [1.54, 1.807) is 0 Å². The van der Waals surface area contributed by atoms with Gasteiger partial charge in [0, 0.05) is 19.5 Å². The lowest BCUT2D eigenvalue weighted by atomic mass is 9.82. The summed E-state index contributed by atoms with van der Waals surface area (Å²) in [6.45, 7) is -0.677. The van der Waals surface area contributed by atoms with Gasteiger partial charge in [0.1, 0.15) is 42.4 Å². The van der Waals surface area contributed by atoms with Crippen LogP contribution >= 0.6 is 7.60 Å². The molecule has 19 nitrogen and oxygen atoms in total. The predicted octanol–water partition coefficient (Wildman–Crippen LogP) is -4.77. The quantitative estimate of drug-likeness (QED) is 0.0973. The number of nitrogens with zero attached hydrogens (tertiary/aromatic N) is 2. The molecule has 2 aliphatic heterocycles. The van der Waals surface area contributed by atoms with Gasteiger partial charge in [0.05, 0.1) is 31.5 Å². The number of rotatable bonds is 12. The molecule has 0 bridgehead atoms. The zero-order valence-electron chi connectivity index (χ0n) is 22.2. The van der Waals surface area contributed by atoms with Crippen molar-refractivity contribution in [2.24, 2.45) is 0 Å². The second kappa shape index (κ2) is 13.4. The molecule has 0 saturated carbocycles. The summed E-state index contributed by atoms with van der Waals surface area (Å²) in [5.41, 5.74) is 2.12. The van der Waals surface area contributed by atoms with E-state index in [1.807, 2.05) is 0 Å². The van der Waals surface area contributed by atoms with Crippen LogP contribution in [0.1, 0.15) is 26.0 Å². The maximum Gasteiger partial charge on any atom is 0.351 e. The van der Waals surface area contributed by atoms with Gasteiger partial charge in [-0.3, -0.25) is 13.9 Å². The van der Waals surface area contributed by atoms with E-state index in [4.69, 9.17) is 19.7 Å². The lowest BCUT2D eigenvalue weighted by Crippen LogP contribution is -2.67. The summed E-state index contributed by atoms with van der Waals surface area (Å²) in [4.78, 5) is 49.9. The Morgan fingerprint density at radius 2 is 1.98 bits per heavy atom. The number of aliphatic hydroxyl groups excluding tert-OH is 6. The maximum atomic E-state index is 12.8. The second-order valence-corrected chi connectivity index (χ2v) is 12.1. The molecule has 4 unspecified atom stereocenters. The predicted molar refractivity (Wildman–Crippen MR) is 137 cm³/mol. The third-order valence-corrected chi connectivity index (χ3v) is 8.39. The highest BCUT2D eigenvalue weighted by Crippen LogP contribution is 2.47. The molecule has 1 aromatic heterocycles. The number of amides is 1. The average molecular weight is 627 g/mol. The van der Waals surface area contributed by atoms with Crippen molar-refractivity contribution in [2.75, 3.05) is 25.1 Å². The Morgan fingerprint density at radius 1 is 1.31 bits per heavy atom. The fraction of sp³-hybridized carbons (Fsp3) is 0.727. The van der Waals surface area contributed by atoms with E-state index >= 15 is 0 Å². The van der Waals surface area contributed by atoms with Gasteiger partial charge in [-0.2, -0.15) is 4.98 Å². The van der Waals surface area contributed by atoms with Crippen LogP contribution in [0.4, 0.5) is 5.82 Å². The molecular weight excluding hydrogens is 591 g/mol. The van der Waals surface area contributed by atoms with Crippen molar-refractivity contribution < 1.29 is 68.8 Å². The minimum atomic E-state index is -4.69. The summed E-state index contributed by atoms with van der Waals surface area (Å²) >= 11 is 0. The topological polar surface area (TPSA) is 314 Å². The minimum absolute atomic E-state index is 0.102. The SMILES string of the molecule is CC(=O)N[C@H]1C([C@H](O)[C@H](O)CO)O[C@](CCP(=O)(O)OC[C@H]2O[C@@H](n3ccc(N)nc3=O)C(O)C2O)(C(=O)O)C[C@H]1O. The molecule has 3 heterocycles. The van der Waals surface area contributed by atoms with Crippen LogP contribution in [0.5, 0.6) is 0 Å². The molecule has 238 valence electrons. The van der Waals surface area contributed by atoms with E-state index in [2.05, 4.69) is 10.3 Å². The highest BCUT2D eigenvalue weighted by Gasteiger charge is 2.55. The number of hydrogen-bond acceptors (Lipinski definition) is 15. The van der Waals surface area contributed by atoms with E-state index in [9.17, 15) is 59.6 Å². The van der Waals surface area contributed by atoms with Crippen LogP contribution in [-0.2, 0) is 28.2 Å². The lowest BCUT2D eigenvalue weighted by Gasteiger charge is -2.47. The summed E-state index contributed by atoms with van der Waals surface area (Å²) in [6.07, 6.45) is -14.7. The first-order chi connectivity index (χ1) is 19.5. The number of aromatic nitrogens is 2. The van der Waals surface area contributed by atoms with Crippen LogP contribution < -0.4 is 16.7 Å². The minimum Gasteiger partial charge on any atom is -0.479 e. The number of anilines is 1. The fourth-order valence-electron chi connectivity index (χ4n) is 4.79. The van der Waals surface area contributed by atoms with Gasteiger partial charge in [0.15, 0.2) is 11.8 Å². The fourth-order valence-corrected chi connectivity index (χ4v) is 5.94. The van der Waals surface area contributed by atoms with Crippen molar-refractivity contribution in [1.29, 1.82) is 0 Å². The molecule has 2 fully saturated rings. The number of carbonyl (C=O) groups is 2. The number of nitrogens with one attached hydrogen (secondary N) is 1. The summed E-state index contributed by atoms with van der Waals surface area (Å²) in [6, 6.07) is -0.169. The molecule has 2 aliphatic rings. The Hall–Kier alpha value is -2.55. The molecule has 0 radical (unpaired) electrons. The molecule has 0 spiro atoms. The molecule has 1 amide bonds. The third kappa shape index (κ3) is 7.50. The van der Waals surface area contributed by atoms with E-state index in [-0.39, 0.29) is 5.82 Å². The number of carboxylic acids is 1. The van der Waals surface area contributed by atoms with Crippen molar-refractivity contribution >= 4 is 25.3 Å². The largest absolute Gasteiger partial charge is 0.479 e. The lowest BCUT2D eigenvalue weighted by molar-refractivity contribution is -0.230. The van der Waals surface area contributed by atoms with Crippen molar-refractivity contribution in [3.05, 3.63) is 22.7 Å². The second-order valence-electron chi connectivity index (χ2n) is 10.1. The Labute approximate surface area is 237 Å². The van der Waals surface area contributed by atoms with Gasteiger partial charge in [-0.05, 0) is 12.5 Å². The number of aliphatic hydroxyl groups is 6. The first kappa shape index (κ1) is 33.9. The molecule has 11 atom stereocenters. The number of nitrogens with two attached hydrogens (primary N) is 1. The van der Waals surface area contributed by atoms with Crippen molar-refractivity contribution in [2.45, 2.75) is 80.4 Å². The van der Waals surface area contributed by atoms with Crippen LogP contribution in [-0.4, -0.2) is 136 Å². The molecule has 11 N–H and O–H groups in total. The number of carbonyl (C=O) groups excluding carboxylic acids is 1. The van der Waals surface area contributed by atoms with Gasteiger partial charge in [0.2, 0.25) is 5.91 Å². The van der Waals surface area contributed by atoms with Crippen LogP contribution in [0, 0.1) is 0 Å². The van der Waals surface area contributed by atoms with E-state index in [0.29, 0.717) is 0 Å². The summed E-state index contributed by atoms with van der Waals surface area (Å²) in [5.74, 6) is -2.49. The van der Waals surface area contributed by atoms with Gasteiger partial charge in [-0.25, -0.2) is 9.59 Å². The van der Waals surface area contributed by atoms with Crippen LogP contribution in [0.15, 0.2) is 17.1 Å². The number of hydrogen-bond donors (Lipinski definition) is 10. The zero-order chi connectivity index (χ0) is 31.6. The third-order valence-electron chi connectivity index (χ3n) is 7.05. The average Bonchev–Trinajstić information content (AvgIpc) is 3.19. The van der Waals surface area contributed by atoms with Gasteiger partial charge in [0.25, 0.3) is 0 Å². The number of aliphatic carboxylic acids is 1. The standard InChI is InChI=1S/C22H35N4O15P/c1-9(28)24-14-10(29)6-22(20(34)35,41-18(14)15(31)11(30)7-27)3-5-42(37,38)39-8-12-16(32)17(33)19(40-12)26-4-2-13(23)25-21(26)36/h2,4,10-12,14-19,27,29-33H,3,5-8H2,1H3,(H,24,28)(H,34,35)(H,37,38)(H2,23,25,36)/t10-,11-,12-,14-,15-,16?,17?,18?,19-,22+/m1/s1. The molecule has 0 aromatic carbocycles. The number of nitrogen functional groups attached to an aromatic ring is 1. The Kier molecular flexibility index (Phi) is 10.8. The monoisotopic (exact) mass is 626 g/mol. The van der Waals surface area contributed by atoms with Crippen molar-refractivity contribution in [3.8, 4) is 0 Å². The van der Waals surface area contributed by atoms with Gasteiger partial charge in [-0.1, -0.05) is 0 Å². The maximum absolute atomic E-state index is 12.8. The molecule has 0 aliphatic carbocycles. The van der Waals surface area contributed by atoms with Crippen LogP contribution in [0.2, 0.25) is 0 Å². The normalized spacial score (nSPS) is 34.3. The summed E-state index contributed by atoms with van der Waals surface area (Å²) in [5, 5.41) is 73.2. The molecule has 3 rings (SSSR count). The van der Waals surface area contributed by atoms with Crippen LogP contribution in [0.25, 0.3) is 0 Å². The summed E-state index contributed by atoms with van der Waals surface area (Å²) in [7, 11) is -4.69. The Balaban J connectivity index is 1.71. The van der Waals surface area contributed by atoms with E-state index < -0.39 is 118 Å². The highest BCUT2D eigenvalue weighted by atomic mass is 31.2. The smallest absolute Gasteiger partial charge is 0.351 e. The number of ether oxygens (including phenoxy) is 2. The van der Waals surface area contributed by atoms with E-state index in [1.165, 1.54) is 6.07 Å².